The van der Waals surface area contributed by atoms with Crippen LogP contribution in [0.4, 0.5) is 5.69 Å². The predicted octanol–water partition coefficient (Wildman–Crippen LogP) is 4.11. The van der Waals surface area contributed by atoms with E-state index in [1.807, 2.05) is 0 Å². The molecule has 18 heavy (non-hydrogen) atoms. The van der Waals surface area contributed by atoms with Crippen LogP contribution in [0.25, 0.3) is 10.1 Å². The lowest BCUT2D eigenvalue weighted by molar-refractivity contribution is 0.127. The van der Waals surface area contributed by atoms with Gasteiger partial charge in [-0.2, -0.15) is 0 Å². The van der Waals surface area contributed by atoms with Gasteiger partial charge in [0.15, 0.2) is 0 Å². The summed E-state index contributed by atoms with van der Waals surface area (Å²) in [6.45, 7) is 5.35. The summed E-state index contributed by atoms with van der Waals surface area (Å²) in [4.78, 5) is 0. The lowest BCUT2D eigenvalue weighted by Crippen LogP contribution is -2.32. The Hall–Kier alpha value is -1.06. The van der Waals surface area contributed by atoms with Gasteiger partial charge in [0.05, 0.1) is 6.61 Å². The molecule has 2 rings (SSSR count). The second kappa shape index (κ2) is 5.72. The van der Waals surface area contributed by atoms with Crippen LogP contribution < -0.4 is 5.32 Å². The number of fused-ring (bicyclic) bond motifs is 1. The van der Waals surface area contributed by atoms with Crippen LogP contribution in [0.3, 0.4) is 0 Å². The molecule has 1 heterocycles. The number of aliphatic hydroxyl groups excluding tert-OH is 1. The average Bonchev–Trinajstić information content (AvgIpc) is 2.88. The monoisotopic (exact) mass is 263 g/mol. The van der Waals surface area contributed by atoms with Crippen LogP contribution in [0.5, 0.6) is 0 Å². The van der Waals surface area contributed by atoms with E-state index in [0.717, 1.165) is 25.1 Å². The van der Waals surface area contributed by atoms with Gasteiger partial charge in [0.2, 0.25) is 0 Å². The number of anilines is 1. The van der Waals surface area contributed by atoms with Gasteiger partial charge in [-0.3, -0.25) is 0 Å². The molecule has 98 valence electrons. The molecule has 0 aliphatic heterocycles. The van der Waals surface area contributed by atoms with E-state index in [1.165, 1.54) is 10.1 Å². The maximum absolute atomic E-state index is 9.55. The predicted molar refractivity (Wildman–Crippen MR) is 80.4 cm³/mol. The van der Waals surface area contributed by atoms with Crippen molar-refractivity contribution in [3.05, 3.63) is 29.6 Å². The molecule has 1 aromatic heterocycles. The molecule has 0 saturated carbocycles. The Morgan fingerprint density at radius 2 is 2.00 bits per heavy atom. The Kier molecular flexibility index (Phi) is 4.25. The van der Waals surface area contributed by atoms with E-state index in [4.69, 9.17) is 0 Å². The smallest absolute Gasteiger partial charge is 0.0504 e. The molecule has 2 N–H and O–H groups in total. The number of hydrogen-bond acceptors (Lipinski definition) is 3. The van der Waals surface area contributed by atoms with E-state index in [-0.39, 0.29) is 12.0 Å². The molecular weight excluding hydrogens is 242 g/mol. The first-order valence-electron chi connectivity index (χ1n) is 6.55. The molecule has 2 nitrogen and oxygen atoms in total. The standard InChI is InChI=1S/C15H21NOS/c1-3-15(4-2,11-17)10-16-13-5-6-14-12(9-13)7-8-18-14/h5-9,16-17H,3-4,10-11H2,1-2H3. The number of benzene rings is 1. The van der Waals surface area contributed by atoms with E-state index in [2.05, 4.69) is 48.8 Å². The van der Waals surface area contributed by atoms with E-state index < -0.39 is 0 Å². The first-order chi connectivity index (χ1) is 8.73. The zero-order valence-corrected chi connectivity index (χ0v) is 11.9. The number of hydrogen-bond donors (Lipinski definition) is 2. The number of aliphatic hydroxyl groups is 1. The Labute approximate surface area is 113 Å². The van der Waals surface area contributed by atoms with Crippen LogP contribution >= 0.6 is 11.3 Å². The summed E-state index contributed by atoms with van der Waals surface area (Å²) in [5.74, 6) is 0. The quantitative estimate of drug-likeness (QED) is 0.822. The number of rotatable bonds is 6. The van der Waals surface area contributed by atoms with Gasteiger partial charge in [0.25, 0.3) is 0 Å². The number of thiophene rings is 1. The highest BCUT2D eigenvalue weighted by molar-refractivity contribution is 7.17. The largest absolute Gasteiger partial charge is 0.396 e. The Bertz CT molecular complexity index is 494. The minimum atomic E-state index is 0.00357. The average molecular weight is 263 g/mol. The highest BCUT2D eigenvalue weighted by Gasteiger charge is 2.24. The molecule has 0 bridgehead atoms. The highest BCUT2D eigenvalue weighted by atomic mass is 32.1. The van der Waals surface area contributed by atoms with Crippen molar-refractivity contribution >= 4 is 27.1 Å². The van der Waals surface area contributed by atoms with Crippen molar-refractivity contribution < 1.29 is 5.11 Å². The lowest BCUT2D eigenvalue weighted by Gasteiger charge is -2.30. The second-order valence-electron chi connectivity index (χ2n) is 4.89. The molecule has 0 aliphatic carbocycles. The van der Waals surface area contributed by atoms with E-state index in [0.29, 0.717) is 0 Å². The summed E-state index contributed by atoms with van der Waals surface area (Å²) in [6, 6.07) is 8.59. The molecule has 0 radical (unpaired) electrons. The SMILES string of the molecule is CCC(CC)(CO)CNc1ccc2sccc2c1. The fourth-order valence-corrected chi connectivity index (χ4v) is 2.92. The molecule has 0 saturated heterocycles. The van der Waals surface area contributed by atoms with Crippen molar-refractivity contribution in [3.63, 3.8) is 0 Å². The summed E-state index contributed by atoms with van der Waals surface area (Å²) >= 11 is 1.77. The maximum Gasteiger partial charge on any atom is 0.0504 e. The van der Waals surface area contributed by atoms with Crippen LogP contribution in [0.1, 0.15) is 26.7 Å². The van der Waals surface area contributed by atoms with Gasteiger partial charge in [0, 0.05) is 22.3 Å². The van der Waals surface area contributed by atoms with Crippen LogP contribution in [0.15, 0.2) is 29.6 Å². The Balaban J connectivity index is 2.09. The van der Waals surface area contributed by atoms with Gasteiger partial charge >= 0.3 is 0 Å². The van der Waals surface area contributed by atoms with Gasteiger partial charge in [-0.15, -0.1) is 11.3 Å². The molecule has 1 aromatic carbocycles. The van der Waals surface area contributed by atoms with Crippen molar-refractivity contribution in [3.8, 4) is 0 Å². The zero-order chi connectivity index (χ0) is 13.0. The second-order valence-corrected chi connectivity index (χ2v) is 5.84. The first-order valence-corrected chi connectivity index (χ1v) is 7.43. The lowest BCUT2D eigenvalue weighted by atomic mass is 9.83. The minimum Gasteiger partial charge on any atom is -0.396 e. The van der Waals surface area contributed by atoms with E-state index in [1.54, 1.807) is 11.3 Å². The topological polar surface area (TPSA) is 32.3 Å². The van der Waals surface area contributed by atoms with Gasteiger partial charge in [-0.25, -0.2) is 0 Å². The molecule has 0 unspecified atom stereocenters. The van der Waals surface area contributed by atoms with Crippen molar-refractivity contribution in [2.24, 2.45) is 5.41 Å². The van der Waals surface area contributed by atoms with Crippen molar-refractivity contribution in [1.82, 2.24) is 0 Å². The van der Waals surface area contributed by atoms with Gasteiger partial charge in [-0.1, -0.05) is 13.8 Å². The highest BCUT2D eigenvalue weighted by Crippen LogP contribution is 2.28. The number of nitrogens with one attached hydrogen (secondary N) is 1. The molecule has 0 aliphatic rings. The maximum atomic E-state index is 9.55. The summed E-state index contributed by atoms with van der Waals surface area (Å²) in [5.41, 5.74) is 1.14. The molecular formula is C15H21NOS. The van der Waals surface area contributed by atoms with Crippen LogP contribution in [0, 0.1) is 5.41 Å². The summed E-state index contributed by atoms with van der Waals surface area (Å²) in [6.07, 6.45) is 1.99. The third kappa shape index (κ3) is 2.68. The molecule has 0 spiro atoms. The van der Waals surface area contributed by atoms with Crippen molar-refractivity contribution in [2.75, 3.05) is 18.5 Å². The zero-order valence-electron chi connectivity index (χ0n) is 11.1. The summed E-state index contributed by atoms with van der Waals surface area (Å²) in [5, 5.41) is 16.4. The van der Waals surface area contributed by atoms with Gasteiger partial charge in [0.1, 0.15) is 0 Å². The van der Waals surface area contributed by atoms with Gasteiger partial charge < -0.3 is 10.4 Å². The fraction of sp³-hybridized carbons (Fsp3) is 0.467. The summed E-state index contributed by atoms with van der Waals surface area (Å²) < 4.78 is 1.32. The first kappa shape index (κ1) is 13.4. The fourth-order valence-electron chi connectivity index (χ4n) is 2.15. The van der Waals surface area contributed by atoms with Crippen LogP contribution in [-0.2, 0) is 0 Å². The Morgan fingerprint density at radius 3 is 2.67 bits per heavy atom. The molecule has 2 aromatic rings. The van der Waals surface area contributed by atoms with E-state index in [9.17, 15) is 5.11 Å². The third-order valence-corrected chi connectivity index (χ3v) is 4.85. The van der Waals surface area contributed by atoms with Crippen molar-refractivity contribution in [2.45, 2.75) is 26.7 Å². The van der Waals surface area contributed by atoms with Gasteiger partial charge in [-0.05, 0) is 47.9 Å². The normalized spacial score (nSPS) is 11.9. The summed E-state index contributed by atoms with van der Waals surface area (Å²) in [7, 11) is 0. The Morgan fingerprint density at radius 1 is 1.22 bits per heavy atom. The molecule has 0 amide bonds. The molecule has 0 fully saturated rings. The molecule has 0 atom stereocenters. The minimum absolute atomic E-state index is 0.00357. The van der Waals surface area contributed by atoms with Crippen LogP contribution in [-0.4, -0.2) is 18.3 Å². The third-order valence-electron chi connectivity index (χ3n) is 3.96. The van der Waals surface area contributed by atoms with Crippen molar-refractivity contribution in [1.29, 1.82) is 0 Å². The van der Waals surface area contributed by atoms with E-state index >= 15 is 0 Å². The van der Waals surface area contributed by atoms with Crippen LogP contribution in [0.2, 0.25) is 0 Å². The molecule has 3 heteroatoms.